The van der Waals surface area contributed by atoms with Crippen molar-refractivity contribution in [1.29, 1.82) is 0 Å². The highest BCUT2D eigenvalue weighted by atomic mass is 16.5. The summed E-state index contributed by atoms with van der Waals surface area (Å²) in [6, 6.07) is 11.7. The molecule has 3 rings (SSSR count). The second-order valence-corrected chi connectivity index (χ2v) is 8.80. The zero-order valence-corrected chi connectivity index (χ0v) is 21.6. The van der Waals surface area contributed by atoms with Crippen molar-refractivity contribution in [3.8, 4) is 11.5 Å². The Morgan fingerprint density at radius 1 is 1.08 bits per heavy atom. The lowest BCUT2D eigenvalue weighted by Gasteiger charge is -2.32. The molecule has 3 aromatic rings. The van der Waals surface area contributed by atoms with Crippen molar-refractivity contribution in [1.82, 2.24) is 25.2 Å². The first kappa shape index (κ1) is 26.9. The number of hydrogen-bond acceptors (Lipinski definition) is 7. The van der Waals surface area contributed by atoms with Gasteiger partial charge in [-0.1, -0.05) is 31.2 Å². The summed E-state index contributed by atoms with van der Waals surface area (Å²) in [6.07, 6.45) is 0.815. The Morgan fingerprint density at radius 2 is 1.86 bits per heavy atom. The van der Waals surface area contributed by atoms with Crippen LogP contribution in [0.5, 0.6) is 11.5 Å². The van der Waals surface area contributed by atoms with Crippen molar-refractivity contribution < 1.29 is 23.8 Å². The number of aromatic nitrogens is 3. The molecule has 0 unspecified atom stereocenters. The molecule has 10 nitrogen and oxygen atoms in total. The van der Waals surface area contributed by atoms with Crippen LogP contribution in [0.15, 0.2) is 42.5 Å². The topological polar surface area (TPSA) is 108 Å². The Balaban J connectivity index is 2.00. The summed E-state index contributed by atoms with van der Waals surface area (Å²) in [7, 11) is 4.63. The van der Waals surface area contributed by atoms with Crippen LogP contribution in [-0.2, 0) is 20.9 Å². The molecule has 0 aliphatic rings. The van der Waals surface area contributed by atoms with Gasteiger partial charge >= 0.3 is 0 Å². The molecule has 1 atom stereocenters. The monoisotopic (exact) mass is 497 g/mol. The van der Waals surface area contributed by atoms with Crippen molar-refractivity contribution in [2.75, 3.05) is 41.0 Å². The predicted molar refractivity (Wildman–Crippen MR) is 136 cm³/mol. The van der Waals surface area contributed by atoms with Crippen LogP contribution in [0.3, 0.4) is 0 Å². The number of nitrogens with zero attached hydrogens (tertiary/aromatic N) is 4. The lowest BCUT2D eigenvalue weighted by Crippen LogP contribution is -2.46. The molecule has 194 valence electrons. The molecule has 0 saturated heterocycles. The van der Waals surface area contributed by atoms with Gasteiger partial charge in [-0.3, -0.25) is 9.59 Å². The standard InChI is InChI=1S/C26H35N5O5/c1-18(2)12-13-27-26(33)25(20-11-10-19(35-4)16-23(20)36-5)30(14-15-34-3)24(32)17-31-22-9-7-6-8-21(22)28-29-31/h6-11,16,18,25H,12-15,17H2,1-5H3,(H,27,33)/t25-/m1/s1. The van der Waals surface area contributed by atoms with E-state index in [1.54, 1.807) is 32.4 Å². The van der Waals surface area contributed by atoms with Crippen LogP contribution < -0.4 is 14.8 Å². The fourth-order valence-electron chi connectivity index (χ4n) is 3.92. The summed E-state index contributed by atoms with van der Waals surface area (Å²) in [5.41, 5.74) is 1.97. The van der Waals surface area contributed by atoms with Gasteiger partial charge in [0, 0.05) is 31.8 Å². The molecule has 0 bridgehead atoms. The Labute approximate surface area is 211 Å². The average Bonchev–Trinajstić information content (AvgIpc) is 3.28. The van der Waals surface area contributed by atoms with E-state index >= 15 is 0 Å². The van der Waals surface area contributed by atoms with E-state index in [1.165, 1.54) is 16.7 Å². The van der Waals surface area contributed by atoms with E-state index < -0.39 is 6.04 Å². The summed E-state index contributed by atoms with van der Waals surface area (Å²) in [5, 5.41) is 11.3. The second-order valence-electron chi connectivity index (χ2n) is 8.80. The van der Waals surface area contributed by atoms with Gasteiger partial charge in [0.1, 0.15) is 29.6 Å². The van der Waals surface area contributed by atoms with Gasteiger partial charge in [0.05, 0.1) is 26.3 Å². The Bertz CT molecular complexity index is 1160. The quantitative estimate of drug-likeness (QED) is 0.387. The molecule has 0 fully saturated rings. The van der Waals surface area contributed by atoms with Crippen LogP contribution in [0.4, 0.5) is 0 Å². The maximum Gasteiger partial charge on any atom is 0.247 e. The third-order valence-electron chi connectivity index (χ3n) is 5.88. The molecule has 0 radical (unpaired) electrons. The van der Waals surface area contributed by atoms with Crippen LogP contribution in [0.25, 0.3) is 11.0 Å². The third-order valence-corrected chi connectivity index (χ3v) is 5.88. The maximum atomic E-state index is 13.7. The zero-order chi connectivity index (χ0) is 26.1. The highest BCUT2D eigenvalue weighted by Gasteiger charge is 2.34. The summed E-state index contributed by atoms with van der Waals surface area (Å²) in [4.78, 5) is 28.8. The van der Waals surface area contributed by atoms with E-state index in [0.717, 1.165) is 11.9 Å². The summed E-state index contributed by atoms with van der Waals surface area (Å²) in [6.45, 7) is 5.03. The maximum absolute atomic E-state index is 13.7. The van der Waals surface area contributed by atoms with Gasteiger partial charge in [0.2, 0.25) is 11.8 Å². The number of rotatable bonds is 13. The first-order valence-electron chi connectivity index (χ1n) is 12.0. The summed E-state index contributed by atoms with van der Waals surface area (Å²) >= 11 is 0. The highest BCUT2D eigenvalue weighted by Crippen LogP contribution is 2.33. The van der Waals surface area contributed by atoms with Crippen LogP contribution in [0.1, 0.15) is 31.9 Å². The zero-order valence-electron chi connectivity index (χ0n) is 21.6. The fourth-order valence-corrected chi connectivity index (χ4v) is 3.92. The van der Waals surface area contributed by atoms with Crippen molar-refractivity contribution in [3.05, 3.63) is 48.0 Å². The second kappa shape index (κ2) is 12.9. The van der Waals surface area contributed by atoms with E-state index in [1.807, 2.05) is 24.3 Å². The molecule has 0 aliphatic heterocycles. The molecule has 0 aliphatic carbocycles. The highest BCUT2D eigenvalue weighted by molar-refractivity contribution is 5.90. The van der Waals surface area contributed by atoms with Crippen LogP contribution in [0, 0.1) is 5.92 Å². The van der Waals surface area contributed by atoms with Crippen molar-refractivity contribution in [2.45, 2.75) is 32.9 Å². The molecule has 1 N–H and O–H groups in total. The number of benzene rings is 2. The van der Waals surface area contributed by atoms with Gasteiger partial charge in [0.25, 0.3) is 0 Å². The molecule has 0 spiro atoms. The van der Waals surface area contributed by atoms with E-state index in [-0.39, 0.29) is 31.5 Å². The molecule has 1 aromatic heterocycles. The predicted octanol–water partition coefficient (Wildman–Crippen LogP) is 2.83. The molecule has 0 saturated carbocycles. The van der Waals surface area contributed by atoms with Crippen LogP contribution >= 0.6 is 0 Å². The first-order valence-corrected chi connectivity index (χ1v) is 12.0. The van der Waals surface area contributed by atoms with Gasteiger partial charge < -0.3 is 24.4 Å². The normalized spacial score (nSPS) is 11.9. The SMILES string of the molecule is COCCN(C(=O)Cn1nnc2ccccc21)[C@@H](C(=O)NCCC(C)C)c1ccc(OC)cc1OC. The Kier molecular flexibility index (Phi) is 9.63. The molecular weight excluding hydrogens is 462 g/mol. The van der Waals surface area contributed by atoms with E-state index in [4.69, 9.17) is 14.2 Å². The van der Waals surface area contributed by atoms with Gasteiger partial charge in [0.15, 0.2) is 0 Å². The number of amides is 2. The van der Waals surface area contributed by atoms with Gasteiger partial charge in [-0.15, -0.1) is 5.10 Å². The fraction of sp³-hybridized carbons (Fsp3) is 0.462. The van der Waals surface area contributed by atoms with Gasteiger partial charge in [-0.05, 0) is 36.6 Å². The molecule has 2 aromatic carbocycles. The number of carbonyl (C=O) groups is 2. The molecule has 10 heteroatoms. The molecule has 36 heavy (non-hydrogen) atoms. The minimum Gasteiger partial charge on any atom is -0.497 e. The number of nitrogens with one attached hydrogen (secondary N) is 1. The number of ether oxygens (including phenoxy) is 3. The largest absolute Gasteiger partial charge is 0.497 e. The Morgan fingerprint density at radius 3 is 2.56 bits per heavy atom. The third kappa shape index (κ3) is 6.51. The number of carbonyl (C=O) groups excluding carboxylic acids is 2. The number of hydrogen-bond donors (Lipinski definition) is 1. The van der Waals surface area contributed by atoms with Gasteiger partial charge in [-0.2, -0.15) is 0 Å². The van der Waals surface area contributed by atoms with E-state index in [2.05, 4.69) is 29.5 Å². The number of para-hydroxylation sites is 1. The van der Waals surface area contributed by atoms with Crippen molar-refractivity contribution >= 4 is 22.8 Å². The molecule has 2 amide bonds. The number of methoxy groups -OCH3 is 3. The number of fused-ring (bicyclic) bond motifs is 1. The molecular formula is C26H35N5O5. The average molecular weight is 498 g/mol. The van der Waals surface area contributed by atoms with Crippen molar-refractivity contribution in [3.63, 3.8) is 0 Å². The van der Waals surface area contributed by atoms with Crippen molar-refractivity contribution in [2.24, 2.45) is 5.92 Å². The minimum atomic E-state index is -0.949. The van der Waals surface area contributed by atoms with Gasteiger partial charge in [-0.25, -0.2) is 4.68 Å². The Hall–Kier alpha value is -3.66. The minimum absolute atomic E-state index is 0.0848. The van der Waals surface area contributed by atoms with E-state index in [9.17, 15) is 9.59 Å². The smallest absolute Gasteiger partial charge is 0.247 e. The lowest BCUT2D eigenvalue weighted by molar-refractivity contribution is -0.142. The lowest BCUT2D eigenvalue weighted by atomic mass is 10.0. The van der Waals surface area contributed by atoms with Crippen LogP contribution in [0.2, 0.25) is 0 Å². The van der Waals surface area contributed by atoms with E-state index in [0.29, 0.717) is 35.0 Å². The molecule has 1 heterocycles. The summed E-state index contributed by atoms with van der Waals surface area (Å²) < 4.78 is 17.8. The first-order chi connectivity index (χ1) is 17.4. The van der Waals surface area contributed by atoms with Crippen LogP contribution in [-0.4, -0.2) is 72.7 Å². The summed E-state index contributed by atoms with van der Waals surface area (Å²) in [5.74, 6) is 0.848.